The number of hydrazone groups is 1. The van der Waals surface area contributed by atoms with Crippen LogP contribution in [0.1, 0.15) is 5.56 Å². The number of sulfonamides is 1. The Hall–Kier alpha value is -1.08. The van der Waals surface area contributed by atoms with E-state index in [1.165, 1.54) is 18.3 Å². The summed E-state index contributed by atoms with van der Waals surface area (Å²) < 4.78 is 24.7. The zero-order valence-electron chi connectivity index (χ0n) is 10.4. The van der Waals surface area contributed by atoms with Gasteiger partial charge in [0.25, 0.3) is 10.0 Å². The topological polar surface area (TPSA) is 58.5 Å². The number of hydrogen-bond acceptors (Lipinski definition) is 3. The van der Waals surface area contributed by atoms with Gasteiger partial charge in [0.05, 0.1) is 16.1 Å². The second-order valence-corrected chi connectivity index (χ2v) is 7.39. The number of hydrogen-bond donors (Lipinski definition) is 1. The zero-order valence-corrected chi connectivity index (χ0v) is 14.3. The van der Waals surface area contributed by atoms with E-state index in [0.717, 1.165) is 4.47 Å². The predicted octanol–water partition coefficient (Wildman–Crippen LogP) is 4.07. The maximum atomic E-state index is 12.0. The minimum atomic E-state index is -3.71. The van der Waals surface area contributed by atoms with Crippen LogP contribution < -0.4 is 4.83 Å². The normalized spacial score (nSPS) is 11.8. The van der Waals surface area contributed by atoms with Gasteiger partial charge in [-0.05, 0) is 36.4 Å². The lowest BCUT2D eigenvalue weighted by Gasteiger charge is -2.03. The molecule has 2 rings (SSSR count). The van der Waals surface area contributed by atoms with Crippen LogP contribution >= 0.6 is 39.1 Å². The molecular formula is C13H9BrCl2N2O2S. The van der Waals surface area contributed by atoms with Crippen molar-refractivity contribution >= 4 is 55.4 Å². The summed E-state index contributed by atoms with van der Waals surface area (Å²) in [7, 11) is -3.71. The van der Waals surface area contributed by atoms with Crippen molar-refractivity contribution < 1.29 is 8.42 Å². The third kappa shape index (κ3) is 4.44. The van der Waals surface area contributed by atoms with Crippen LogP contribution in [-0.4, -0.2) is 14.6 Å². The van der Waals surface area contributed by atoms with E-state index in [4.69, 9.17) is 23.2 Å². The Kier molecular flexibility index (Phi) is 5.27. The highest BCUT2D eigenvalue weighted by atomic mass is 79.9. The highest BCUT2D eigenvalue weighted by Crippen LogP contribution is 2.19. The third-order valence-electron chi connectivity index (χ3n) is 2.46. The molecule has 8 heteroatoms. The Labute approximate surface area is 141 Å². The standard InChI is InChI=1S/C13H9BrCl2N2O2S/c14-10-2-5-12(6-3-10)21(19,20)18-17-8-9-1-4-11(15)7-13(9)16/h1-8,18H. The number of halogens is 3. The van der Waals surface area contributed by atoms with Gasteiger partial charge in [0.2, 0.25) is 0 Å². The van der Waals surface area contributed by atoms with Crippen LogP contribution in [0.25, 0.3) is 0 Å². The fraction of sp³-hybridized carbons (Fsp3) is 0. The van der Waals surface area contributed by atoms with Gasteiger partial charge in [-0.15, -0.1) is 0 Å². The first-order valence-electron chi connectivity index (χ1n) is 5.64. The van der Waals surface area contributed by atoms with Crippen LogP contribution in [-0.2, 0) is 10.0 Å². The predicted molar refractivity (Wildman–Crippen MR) is 88.5 cm³/mol. The Morgan fingerprint density at radius 1 is 1.10 bits per heavy atom. The molecule has 1 N–H and O–H groups in total. The Morgan fingerprint density at radius 3 is 2.38 bits per heavy atom. The summed E-state index contributed by atoms with van der Waals surface area (Å²) in [5.74, 6) is 0. The van der Waals surface area contributed by atoms with Gasteiger partial charge < -0.3 is 0 Å². The Balaban J connectivity index is 2.14. The summed E-state index contributed by atoms with van der Waals surface area (Å²) in [5.41, 5.74) is 0.555. The summed E-state index contributed by atoms with van der Waals surface area (Å²) in [6.45, 7) is 0. The highest BCUT2D eigenvalue weighted by Gasteiger charge is 2.12. The van der Waals surface area contributed by atoms with Crippen LogP contribution in [0.3, 0.4) is 0 Å². The molecule has 21 heavy (non-hydrogen) atoms. The molecule has 0 aliphatic heterocycles. The van der Waals surface area contributed by atoms with Crippen LogP contribution in [0.15, 0.2) is 56.9 Å². The molecule has 4 nitrogen and oxygen atoms in total. The molecule has 0 aliphatic carbocycles. The van der Waals surface area contributed by atoms with Crippen LogP contribution in [0.2, 0.25) is 10.0 Å². The lowest BCUT2D eigenvalue weighted by molar-refractivity contribution is 0.584. The van der Waals surface area contributed by atoms with E-state index in [2.05, 4.69) is 25.9 Å². The summed E-state index contributed by atoms with van der Waals surface area (Å²) >= 11 is 15.0. The van der Waals surface area contributed by atoms with E-state index in [9.17, 15) is 8.42 Å². The van der Waals surface area contributed by atoms with Crippen molar-refractivity contribution in [2.45, 2.75) is 4.90 Å². The molecule has 0 aliphatic rings. The minimum absolute atomic E-state index is 0.116. The van der Waals surface area contributed by atoms with Gasteiger partial charge in [0.1, 0.15) is 0 Å². The van der Waals surface area contributed by atoms with E-state index in [1.807, 2.05) is 0 Å². The highest BCUT2D eigenvalue weighted by molar-refractivity contribution is 9.10. The summed E-state index contributed by atoms with van der Waals surface area (Å²) in [5, 5.41) is 4.58. The zero-order chi connectivity index (χ0) is 15.5. The molecule has 0 radical (unpaired) electrons. The second-order valence-electron chi connectivity index (χ2n) is 3.97. The van der Waals surface area contributed by atoms with Gasteiger partial charge in [0, 0.05) is 15.1 Å². The largest absolute Gasteiger partial charge is 0.276 e. The molecule has 0 unspecified atom stereocenters. The molecule has 0 saturated heterocycles. The number of benzene rings is 2. The molecule has 110 valence electrons. The van der Waals surface area contributed by atoms with Crippen molar-refractivity contribution in [2.75, 3.05) is 0 Å². The van der Waals surface area contributed by atoms with Crippen molar-refractivity contribution in [1.82, 2.24) is 4.83 Å². The van der Waals surface area contributed by atoms with E-state index < -0.39 is 10.0 Å². The van der Waals surface area contributed by atoms with Gasteiger partial charge in [-0.3, -0.25) is 0 Å². The maximum absolute atomic E-state index is 12.0. The second kappa shape index (κ2) is 6.79. The first kappa shape index (κ1) is 16.3. The number of rotatable bonds is 4. The molecule has 0 atom stereocenters. The molecular weight excluding hydrogens is 399 g/mol. The average molecular weight is 408 g/mol. The van der Waals surface area contributed by atoms with Crippen LogP contribution in [0.4, 0.5) is 0 Å². The van der Waals surface area contributed by atoms with Crippen LogP contribution in [0, 0.1) is 0 Å². The van der Waals surface area contributed by atoms with E-state index in [-0.39, 0.29) is 4.90 Å². The van der Waals surface area contributed by atoms with Crippen molar-refractivity contribution in [3.8, 4) is 0 Å². The van der Waals surface area contributed by atoms with E-state index in [0.29, 0.717) is 15.6 Å². The average Bonchev–Trinajstić information content (AvgIpc) is 2.41. The summed E-state index contributed by atoms with van der Waals surface area (Å²) in [6.07, 6.45) is 1.31. The molecule has 0 saturated carbocycles. The van der Waals surface area contributed by atoms with Gasteiger partial charge in [-0.25, -0.2) is 4.83 Å². The number of nitrogens with zero attached hydrogens (tertiary/aromatic N) is 1. The van der Waals surface area contributed by atoms with Gasteiger partial charge >= 0.3 is 0 Å². The maximum Gasteiger partial charge on any atom is 0.276 e. The first-order chi connectivity index (χ1) is 9.88. The summed E-state index contributed by atoms with van der Waals surface area (Å²) in [6, 6.07) is 11.0. The molecule has 0 bridgehead atoms. The Bertz CT molecular complexity index is 777. The van der Waals surface area contributed by atoms with Crippen molar-refractivity contribution in [3.05, 3.63) is 62.5 Å². The lowest BCUT2D eigenvalue weighted by Crippen LogP contribution is -2.18. The van der Waals surface area contributed by atoms with Crippen molar-refractivity contribution in [3.63, 3.8) is 0 Å². The Morgan fingerprint density at radius 2 is 1.76 bits per heavy atom. The minimum Gasteiger partial charge on any atom is -0.200 e. The SMILES string of the molecule is O=S(=O)(NN=Cc1ccc(Cl)cc1Cl)c1ccc(Br)cc1. The summed E-state index contributed by atoms with van der Waals surface area (Å²) in [4.78, 5) is 2.24. The molecule has 2 aromatic carbocycles. The van der Waals surface area contributed by atoms with E-state index in [1.54, 1.807) is 30.3 Å². The monoisotopic (exact) mass is 406 g/mol. The van der Waals surface area contributed by atoms with Gasteiger partial charge in [-0.2, -0.15) is 13.5 Å². The van der Waals surface area contributed by atoms with Crippen molar-refractivity contribution in [2.24, 2.45) is 5.10 Å². The fourth-order valence-corrected chi connectivity index (χ4v) is 2.95. The molecule has 0 amide bonds. The van der Waals surface area contributed by atoms with Gasteiger partial charge in [-0.1, -0.05) is 45.2 Å². The fourth-order valence-electron chi connectivity index (χ4n) is 1.44. The molecule has 0 fully saturated rings. The third-order valence-corrected chi connectivity index (χ3v) is 4.79. The smallest absolute Gasteiger partial charge is 0.200 e. The van der Waals surface area contributed by atoms with E-state index >= 15 is 0 Å². The molecule has 0 spiro atoms. The molecule has 2 aromatic rings. The number of nitrogens with one attached hydrogen (secondary N) is 1. The molecule has 0 heterocycles. The van der Waals surface area contributed by atoms with Gasteiger partial charge in [0.15, 0.2) is 0 Å². The van der Waals surface area contributed by atoms with Crippen LogP contribution in [0.5, 0.6) is 0 Å². The quantitative estimate of drug-likeness (QED) is 0.613. The van der Waals surface area contributed by atoms with Crippen molar-refractivity contribution in [1.29, 1.82) is 0 Å². The first-order valence-corrected chi connectivity index (χ1v) is 8.67. The molecule has 0 aromatic heterocycles. The lowest BCUT2D eigenvalue weighted by atomic mass is 10.2.